The molecule has 0 radical (unpaired) electrons. The molecule has 0 N–H and O–H groups in total. The van der Waals surface area contributed by atoms with Gasteiger partial charge in [-0.15, -0.1) is 0 Å². The summed E-state index contributed by atoms with van der Waals surface area (Å²) >= 11 is 11.8. The van der Waals surface area contributed by atoms with Crippen molar-refractivity contribution in [1.82, 2.24) is 4.90 Å². The average molecular weight is 620 g/mol. The normalized spacial score (nSPS) is 11.2. The number of anilines is 1. The van der Waals surface area contributed by atoms with Crippen LogP contribution in [-0.2, 0) is 16.6 Å². The highest BCUT2D eigenvalue weighted by atomic mass is 35.5. The van der Waals surface area contributed by atoms with Crippen LogP contribution in [0.15, 0.2) is 95.9 Å². The van der Waals surface area contributed by atoms with Gasteiger partial charge in [-0.05, 0) is 73.2 Å². The third-order valence-electron chi connectivity index (χ3n) is 6.20. The monoisotopic (exact) mass is 618 g/mol. The van der Waals surface area contributed by atoms with Crippen LogP contribution in [0.4, 0.5) is 14.5 Å². The van der Waals surface area contributed by atoms with Gasteiger partial charge in [0, 0.05) is 40.8 Å². The number of carbonyl (C=O) groups excluding carboxylic acids is 1. The predicted molar refractivity (Wildman–Crippen MR) is 156 cm³/mol. The molecule has 0 fully saturated rings. The Morgan fingerprint density at radius 3 is 2.20 bits per heavy atom. The standard InChI is InChI=1S/C30H26Cl2F2N2O4S/c1-35(30(37)21-7-9-23(31)10-8-21)17-4-18-40-29-6-3-2-5-22(29)20-36(28-19-25(33)13-16-27(28)34)41(38,39)26-14-11-24(32)12-15-26/h2-3,5-16,19H,4,17-18,20H2,1H3. The van der Waals surface area contributed by atoms with Crippen LogP contribution >= 0.6 is 23.2 Å². The van der Waals surface area contributed by atoms with Gasteiger partial charge < -0.3 is 9.64 Å². The summed E-state index contributed by atoms with van der Waals surface area (Å²) in [5.74, 6) is -1.50. The van der Waals surface area contributed by atoms with E-state index < -0.39 is 27.3 Å². The van der Waals surface area contributed by atoms with E-state index >= 15 is 0 Å². The molecule has 214 valence electrons. The van der Waals surface area contributed by atoms with Crippen LogP contribution in [0.3, 0.4) is 0 Å². The summed E-state index contributed by atoms with van der Waals surface area (Å²) in [6, 6.07) is 21.3. The number of amides is 1. The van der Waals surface area contributed by atoms with Gasteiger partial charge >= 0.3 is 0 Å². The van der Waals surface area contributed by atoms with Gasteiger partial charge in [0.1, 0.15) is 17.4 Å². The molecule has 4 aromatic rings. The van der Waals surface area contributed by atoms with Crippen LogP contribution in [0, 0.1) is 11.6 Å². The SMILES string of the molecule is CN(CCCOc1ccccc1CN(c1cc(F)ccc1F)S(=O)(=O)c1ccc(Cl)cc1)C(=O)c1ccc(Cl)cc1. The number of benzene rings is 4. The second-order valence-electron chi connectivity index (χ2n) is 9.10. The van der Waals surface area contributed by atoms with Crippen molar-refractivity contribution in [3.05, 3.63) is 124 Å². The van der Waals surface area contributed by atoms with E-state index in [0.29, 0.717) is 39.9 Å². The second kappa shape index (κ2) is 13.3. The van der Waals surface area contributed by atoms with E-state index in [1.807, 2.05) is 0 Å². The van der Waals surface area contributed by atoms with Crippen molar-refractivity contribution in [2.75, 3.05) is 24.5 Å². The molecule has 0 bridgehead atoms. The largest absolute Gasteiger partial charge is 0.493 e. The van der Waals surface area contributed by atoms with Gasteiger partial charge in [0.05, 0.1) is 23.7 Å². The minimum Gasteiger partial charge on any atom is -0.493 e. The number of nitrogens with zero attached hydrogens (tertiary/aromatic N) is 2. The Kier molecular flexibility index (Phi) is 9.86. The minimum atomic E-state index is -4.34. The maximum absolute atomic E-state index is 14.9. The minimum absolute atomic E-state index is 0.141. The van der Waals surface area contributed by atoms with Crippen LogP contribution in [0.1, 0.15) is 22.3 Å². The first-order valence-electron chi connectivity index (χ1n) is 12.5. The predicted octanol–water partition coefficient (Wildman–Crippen LogP) is 7.21. The fraction of sp³-hybridized carbons (Fsp3) is 0.167. The van der Waals surface area contributed by atoms with Gasteiger partial charge in [-0.3, -0.25) is 9.10 Å². The number of hydrogen-bond acceptors (Lipinski definition) is 4. The Morgan fingerprint density at radius 1 is 0.878 bits per heavy atom. The molecule has 0 saturated heterocycles. The van der Waals surface area contributed by atoms with Crippen LogP contribution in [0.2, 0.25) is 10.0 Å². The van der Waals surface area contributed by atoms with Crippen LogP contribution in [0.5, 0.6) is 5.75 Å². The molecule has 0 aliphatic heterocycles. The summed E-state index contributed by atoms with van der Waals surface area (Å²) < 4.78 is 63.1. The molecule has 6 nitrogen and oxygen atoms in total. The molecule has 0 atom stereocenters. The van der Waals surface area contributed by atoms with Crippen molar-refractivity contribution in [2.45, 2.75) is 17.9 Å². The molecule has 0 aromatic heterocycles. The lowest BCUT2D eigenvalue weighted by molar-refractivity contribution is 0.0787. The van der Waals surface area contributed by atoms with Crippen molar-refractivity contribution >= 4 is 44.8 Å². The fourth-order valence-corrected chi connectivity index (χ4v) is 5.73. The highest BCUT2D eigenvalue weighted by Crippen LogP contribution is 2.32. The first kappa shape index (κ1) is 30.3. The smallest absolute Gasteiger partial charge is 0.264 e. The zero-order valence-electron chi connectivity index (χ0n) is 21.9. The van der Waals surface area contributed by atoms with Gasteiger partial charge in [0.15, 0.2) is 0 Å². The van der Waals surface area contributed by atoms with Crippen molar-refractivity contribution in [3.8, 4) is 5.75 Å². The van der Waals surface area contributed by atoms with Crippen LogP contribution in [0.25, 0.3) is 0 Å². The molecule has 4 rings (SSSR count). The lowest BCUT2D eigenvalue weighted by atomic mass is 10.2. The lowest BCUT2D eigenvalue weighted by Crippen LogP contribution is -2.31. The molecule has 0 saturated carbocycles. The van der Waals surface area contributed by atoms with Gasteiger partial charge in [0.25, 0.3) is 15.9 Å². The summed E-state index contributed by atoms with van der Waals surface area (Å²) in [7, 11) is -2.66. The van der Waals surface area contributed by atoms with Gasteiger partial charge in [-0.25, -0.2) is 17.2 Å². The lowest BCUT2D eigenvalue weighted by Gasteiger charge is -2.26. The number of hydrogen-bond donors (Lipinski definition) is 0. The third-order valence-corrected chi connectivity index (χ3v) is 8.48. The quantitative estimate of drug-likeness (QED) is 0.167. The van der Waals surface area contributed by atoms with Crippen molar-refractivity contribution in [1.29, 1.82) is 0 Å². The van der Waals surface area contributed by atoms with Gasteiger partial charge in [-0.1, -0.05) is 41.4 Å². The van der Waals surface area contributed by atoms with E-state index in [2.05, 4.69) is 0 Å². The number of para-hydroxylation sites is 1. The Morgan fingerprint density at radius 2 is 1.51 bits per heavy atom. The molecule has 0 unspecified atom stereocenters. The van der Waals surface area contributed by atoms with Crippen molar-refractivity contribution < 1.29 is 26.7 Å². The molecular weight excluding hydrogens is 593 g/mol. The molecule has 0 aliphatic carbocycles. The molecule has 1 amide bonds. The first-order chi connectivity index (χ1) is 19.6. The summed E-state index contributed by atoms with van der Waals surface area (Å²) in [6.07, 6.45) is 0.482. The van der Waals surface area contributed by atoms with Gasteiger partial charge in [-0.2, -0.15) is 0 Å². The molecule has 11 heteroatoms. The summed E-state index contributed by atoms with van der Waals surface area (Å²) in [4.78, 5) is 14.0. The molecule has 0 spiro atoms. The molecule has 41 heavy (non-hydrogen) atoms. The Balaban J connectivity index is 1.52. The number of carbonyl (C=O) groups is 1. The third kappa shape index (κ3) is 7.55. The van der Waals surface area contributed by atoms with E-state index in [9.17, 15) is 22.0 Å². The average Bonchev–Trinajstić information content (AvgIpc) is 2.96. The first-order valence-corrected chi connectivity index (χ1v) is 14.7. The molecule has 4 aromatic carbocycles. The van der Waals surface area contributed by atoms with E-state index in [1.165, 1.54) is 24.3 Å². The zero-order valence-corrected chi connectivity index (χ0v) is 24.3. The number of rotatable bonds is 11. The summed E-state index contributed by atoms with van der Waals surface area (Å²) in [5, 5.41) is 0.864. The second-order valence-corrected chi connectivity index (χ2v) is 11.8. The molecule has 0 aliphatic rings. The van der Waals surface area contributed by atoms with Crippen LogP contribution in [-0.4, -0.2) is 39.4 Å². The Bertz CT molecular complexity index is 1620. The zero-order chi connectivity index (χ0) is 29.6. The summed E-state index contributed by atoms with van der Waals surface area (Å²) in [6.45, 7) is 0.277. The van der Waals surface area contributed by atoms with Crippen molar-refractivity contribution in [3.63, 3.8) is 0 Å². The summed E-state index contributed by atoms with van der Waals surface area (Å²) in [5.41, 5.74) is 0.492. The van der Waals surface area contributed by atoms with E-state index in [0.717, 1.165) is 22.5 Å². The maximum atomic E-state index is 14.9. The number of ether oxygens (including phenoxy) is 1. The number of sulfonamides is 1. The Hall–Kier alpha value is -3.66. The highest BCUT2D eigenvalue weighted by Gasteiger charge is 2.29. The topological polar surface area (TPSA) is 66.9 Å². The number of halogens is 4. The van der Waals surface area contributed by atoms with Crippen molar-refractivity contribution in [2.24, 2.45) is 0 Å². The van der Waals surface area contributed by atoms with Gasteiger partial charge in [0.2, 0.25) is 0 Å². The van der Waals surface area contributed by atoms with Crippen LogP contribution < -0.4 is 9.04 Å². The van der Waals surface area contributed by atoms with E-state index in [-0.39, 0.29) is 24.0 Å². The highest BCUT2D eigenvalue weighted by molar-refractivity contribution is 7.92. The maximum Gasteiger partial charge on any atom is 0.264 e. The van der Waals surface area contributed by atoms with E-state index in [4.69, 9.17) is 27.9 Å². The molecule has 0 heterocycles. The Labute approximate surface area is 247 Å². The van der Waals surface area contributed by atoms with E-state index in [1.54, 1.807) is 60.5 Å². The fourth-order valence-electron chi connectivity index (χ4n) is 4.04. The molecular formula is C30H26Cl2F2N2O4S.